The van der Waals surface area contributed by atoms with E-state index in [-0.39, 0.29) is 27.7 Å². The number of carboxylic acids is 1. The standard InChI is InChI=1S/C31H25Cl2N5O6/c1-44-26-12-10-20(15-25(26)38(42)43)28-30(34-17-18-6-3-2-4-7-18)37-13-5-8-21(29(37)36-28)31(41)35-24(16-27(39)40)19-9-11-22(32)23(33)14-19/h2-15,24,34H,16-17H2,1H3,(H,35,41)(H,39,40). The fraction of sp³-hybridized carbons (Fsp3) is 0.129. The summed E-state index contributed by atoms with van der Waals surface area (Å²) in [5.74, 6) is -1.13. The van der Waals surface area contributed by atoms with Gasteiger partial charge in [0.1, 0.15) is 11.5 Å². The Kier molecular flexibility index (Phi) is 8.98. The maximum Gasteiger partial charge on any atom is 0.311 e. The van der Waals surface area contributed by atoms with Gasteiger partial charge in [-0.3, -0.25) is 24.1 Å². The first kappa shape index (κ1) is 30.3. The Morgan fingerprint density at radius 3 is 2.50 bits per heavy atom. The van der Waals surface area contributed by atoms with Crippen LogP contribution in [0.1, 0.15) is 33.9 Å². The van der Waals surface area contributed by atoms with Crippen LogP contribution in [0.15, 0.2) is 85.1 Å². The number of pyridine rings is 1. The summed E-state index contributed by atoms with van der Waals surface area (Å²) >= 11 is 12.2. The van der Waals surface area contributed by atoms with Gasteiger partial charge in [0.25, 0.3) is 5.91 Å². The third-order valence-electron chi connectivity index (χ3n) is 6.88. The number of hydrogen-bond donors (Lipinski definition) is 3. The van der Waals surface area contributed by atoms with E-state index in [0.29, 0.717) is 34.2 Å². The van der Waals surface area contributed by atoms with Gasteiger partial charge in [0.15, 0.2) is 11.4 Å². The monoisotopic (exact) mass is 633 g/mol. The smallest absolute Gasteiger partial charge is 0.311 e. The van der Waals surface area contributed by atoms with Gasteiger partial charge >= 0.3 is 11.7 Å². The van der Waals surface area contributed by atoms with Gasteiger partial charge in [0.05, 0.1) is 40.1 Å². The minimum absolute atomic E-state index is 0.0909. The Labute approximate surface area is 261 Å². The Bertz CT molecular complexity index is 1880. The van der Waals surface area contributed by atoms with E-state index in [1.165, 1.54) is 31.4 Å². The van der Waals surface area contributed by atoms with E-state index in [9.17, 15) is 24.8 Å². The van der Waals surface area contributed by atoms with Gasteiger partial charge in [0, 0.05) is 24.4 Å². The molecule has 1 unspecified atom stereocenters. The van der Waals surface area contributed by atoms with Crippen molar-refractivity contribution in [3.63, 3.8) is 0 Å². The number of aromatic nitrogens is 2. The highest BCUT2D eigenvalue weighted by Gasteiger charge is 2.25. The van der Waals surface area contributed by atoms with E-state index >= 15 is 0 Å². The number of halogens is 2. The number of nitro benzene ring substituents is 1. The molecule has 0 bridgehead atoms. The number of benzene rings is 3. The van der Waals surface area contributed by atoms with Crippen molar-refractivity contribution in [1.82, 2.24) is 14.7 Å². The molecule has 0 spiro atoms. The third kappa shape index (κ3) is 6.43. The number of methoxy groups -OCH3 is 1. The summed E-state index contributed by atoms with van der Waals surface area (Å²) in [4.78, 5) is 41.4. The van der Waals surface area contributed by atoms with Crippen molar-refractivity contribution in [1.29, 1.82) is 0 Å². The van der Waals surface area contributed by atoms with Crippen molar-refractivity contribution in [2.45, 2.75) is 19.0 Å². The number of ether oxygens (including phenoxy) is 1. The molecule has 11 nitrogen and oxygen atoms in total. The van der Waals surface area contributed by atoms with Crippen LogP contribution in [0.5, 0.6) is 5.75 Å². The minimum Gasteiger partial charge on any atom is -0.490 e. The highest BCUT2D eigenvalue weighted by Crippen LogP contribution is 2.36. The van der Waals surface area contributed by atoms with Gasteiger partial charge in [-0.15, -0.1) is 0 Å². The molecule has 13 heteroatoms. The fourth-order valence-electron chi connectivity index (χ4n) is 4.77. The molecule has 1 atom stereocenters. The van der Waals surface area contributed by atoms with Crippen molar-refractivity contribution in [2.24, 2.45) is 0 Å². The number of carbonyl (C=O) groups is 2. The van der Waals surface area contributed by atoms with Crippen LogP contribution in [0.25, 0.3) is 16.9 Å². The summed E-state index contributed by atoms with van der Waals surface area (Å²) < 4.78 is 6.84. The van der Waals surface area contributed by atoms with E-state index in [1.807, 2.05) is 30.3 Å². The van der Waals surface area contributed by atoms with E-state index in [4.69, 9.17) is 32.9 Å². The SMILES string of the molecule is COc1ccc(-c2nc3c(C(=O)NC(CC(=O)O)c4ccc(Cl)c(Cl)c4)cccn3c2NCc2ccccc2)cc1[N+](=O)[O-]. The largest absolute Gasteiger partial charge is 0.490 e. The number of aliphatic carboxylic acids is 1. The number of anilines is 1. The van der Waals surface area contributed by atoms with Crippen molar-refractivity contribution >= 4 is 52.2 Å². The first-order valence-corrected chi connectivity index (χ1v) is 14.0. The molecule has 0 radical (unpaired) electrons. The van der Waals surface area contributed by atoms with Crippen LogP contribution in [0.4, 0.5) is 11.5 Å². The van der Waals surface area contributed by atoms with Gasteiger partial charge < -0.3 is 20.5 Å². The van der Waals surface area contributed by atoms with Crippen LogP contribution >= 0.6 is 23.2 Å². The average Bonchev–Trinajstić information content (AvgIpc) is 3.39. The number of amides is 1. The molecule has 3 aromatic carbocycles. The molecule has 3 N–H and O–H groups in total. The molecule has 0 aliphatic carbocycles. The molecule has 2 heterocycles. The van der Waals surface area contributed by atoms with Gasteiger partial charge in [-0.25, -0.2) is 4.98 Å². The number of carbonyl (C=O) groups excluding carboxylic acids is 1. The molecule has 0 fully saturated rings. The first-order valence-electron chi connectivity index (χ1n) is 13.3. The Morgan fingerprint density at radius 2 is 1.82 bits per heavy atom. The summed E-state index contributed by atoms with van der Waals surface area (Å²) in [5.41, 5.74) is 2.37. The van der Waals surface area contributed by atoms with Crippen LogP contribution in [0.2, 0.25) is 10.0 Å². The van der Waals surface area contributed by atoms with Gasteiger partial charge in [-0.2, -0.15) is 0 Å². The van der Waals surface area contributed by atoms with Crippen molar-refractivity contribution < 1.29 is 24.4 Å². The Morgan fingerprint density at radius 1 is 1.05 bits per heavy atom. The summed E-state index contributed by atoms with van der Waals surface area (Å²) in [5, 5.41) is 28.0. The lowest BCUT2D eigenvalue weighted by atomic mass is 10.0. The molecule has 0 aliphatic rings. The number of fused-ring (bicyclic) bond motifs is 1. The molecule has 44 heavy (non-hydrogen) atoms. The number of nitrogens with one attached hydrogen (secondary N) is 2. The molecule has 1 amide bonds. The van der Waals surface area contributed by atoms with Crippen LogP contribution < -0.4 is 15.4 Å². The molecule has 224 valence electrons. The average molecular weight is 634 g/mol. The zero-order chi connectivity index (χ0) is 31.4. The fourth-order valence-corrected chi connectivity index (χ4v) is 5.08. The number of nitro groups is 1. The lowest BCUT2D eigenvalue weighted by Gasteiger charge is -2.18. The number of imidazole rings is 1. The second kappa shape index (κ2) is 13.0. The highest BCUT2D eigenvalue weighted by atomic mass is 35.5. The van der Waals surface area contributed by atoms with Crippen LogP contribution in [-0.4, -0.2) is 38.4 Å². The molecule has 0 saturated heterocycles. The second-order valence-corrected chi connectivity index (χ2v) is 10.5. The number of hydrogen-bond acceptors (Lipinski definition) is 7. The molecular formula is C31H25Cl2N5O6. The maximum atomic E-state index is 13.7. The number of carboxylic acid groups (broad SMARTS) is 1. The minimum atomic E-state index is -1.13. The van der Waals surface area contributed by atoms with Crippen molar-refractivity contribution in [2.75, 3.05) is 12.4 Å². The lowest BCUT2D eigenvalue weighted by molar-refractivity contribution is -0.385. The highest BCUT2D eigenvalue weighted by molar-refractivity contribution is 6.42. The third-order valence-corrected chi connectivity index (χ3v) is 7.62. The summed E-state index contributed by atoms with van der Waals surface area (Å²) in [7, 11) is 1.35. The van der Waals surface area contributed by atoms with Crippen LogP contribution in [0, 0.1) is 10.1 Å². The molecule has 5 aromatic rings. The number of rotatable bonds is 11. The predicted molar refractivity (Wildman–Crippen MR) is 167 cm³/mol. The van der Waals surface area contributed by atoms with E-state index in [1.54, 1.807) is 34.9 Å². The van der Waals surface area contributed by atoms with E-state index in [2.05, 4.69) is 10.6 Å². The quantitative estimate of drug-likeness (QED) is 0.106. The summed E-state index contributed by atoms with van der Waals surface area (Å²) in [6.07, 6.45) is 1.30. The maximum absolute atomic E-state index is 13.7. The second-order valence-electron chi connectivity index (χ2n) is 9.70. The van der Waals surface area contributed by atoms with Gasteiger partial charge in [-0.1, -0.05) is 59.6 Å². The number of nitrogens with zero attached hydrogens (tertiary/aromatic N) is 3. The Hall–Kier alpha value is -5.13. The van der Waals surface area contributed by atoms with E-state index in [0.717, 1.165) is 5.56 Å². The predicted octanol–water partition coefficient (Wildman–Crippen LogP) is 6.78. The molecule has 0 saturated carbocycles. The van der Waals surface area contributed by atoms with Crippen LogP contribution in [0.3, 0.4) is 0 Å². The zero-order valence-corrected chi connectivity index (χ0v) is 24.7. The first-order chi connectivity index (χ1) is 21.2. The van der Waals surface area contributed by atoms with Gasteiger partial charge in [0.2, 0.25) is 0 Å². The lowest BCUT2D eigenvalue weighted by Crippen LogP contribution is -2.30. The molecule has 0 aliphatic heterocycles. The summed E-state index contributed by atoms with van der Waals surface area (Å²) in [6, 6.07) is 21.0. The molecule has 5 rings (SSSR count). The summed E-state index contributed by atoms with van der Waals surface area (Å²) in [6.45, 7) is 0.397. The normalized spacial score (nSPS) is 11.6. The Balaban J connectivity index is 1.60. The van der Waals surface area contributed by atoms with Crippen molar-refractivity contribution in [3.05, 3.63) is 122 Å². The van der Waals surface area contributed by atoms with Crippen LogP contribution in [-0.2, 0) is 11.3 Å². The topological polar surface area (TPSA) is 148 Å². The zero-order valence-electron chi connectivity index (χ0n) is 23.2. The van der Waals surface area contributed by atoms with Gasteiger partial charge in [-0.05, 0) is 47.5 Å². The molecule has 2 aromatic heterocycles. The molecular weight excluding hydrogens is 609 g/mol. The van der Waals surface area contributed by atoms with E-state index < -0.39 is 29.3 Å². The van der Waals surface area contributed by atoms with Crippen molar-refractivity contribution in [3.8, 4) is 17.0 Å².